The Morgan fingerprint density at radius 2 is 2.11 bits per heavy atom. The Morgan fingerprint density at radius 1 is 1.22 bits per heavy atom. The van der Waals surface area contributed by atoms with E-state index < -0.39 is 0 Å². The molecule has 1 aliphatic heterocycles. The van der Waals surface area contributed by atoms with Crippen molar-refractivity contribution in [3.8, 4) is 5.75 Å². The van der Waals surface area contributed by atoms with Crippen molar-refractivity contribution in [1.29, 1.82) is 0 Å². The topological polar surface area (TPSA) is 76.4 Å². The number of hydrogen-bond donors (Lipinski definition) is 2. The van der Waals surface area contributed by atoms with Crippen LogP contribution < -0.4 is 15.4 Å². The van der Waals surface area contributed by atoms with Crippen molar-refractivity contribution in [2.75, 3.05) is 13.7 Å². The number of ether oxygens (including phenoxy) is 1. The van der Waals surface area contributed by atoms with E-state index in [4.69, 9.17) is 9.73 Å². The number of guanidine groups is 1. The molecular weight excluding hydrogens is 340 g/mol. The van der Waals surface area contributed by atoms with E-state index in [-0.39, 0.29) is 0 Å². The zero-order chi connectivity index (χ0) is 19.1. The molecule has 146 valence electrons. The van der Waals surface area contributed by atoms with Crippen LogP contribution in [0.3, 0.4) is 0 Å². The Bertz CT molecular complexity index is 783. The van der Waals surface area contributed by atoms with Gasteiger partial charge in [-0.3, -0.25) is 0 Å². The third-order valence-corrected chi connectivity index (χ3v) is 4.79. The lowest BCUT2D eigenvalue weighted by Crippen LogP contribution is -2.37. The molecule has 0 bridgehead atoms. The van der Waals surface area contributed by atoms with Crippen LogP contribution in [0, 0.1) is 6.92 Å². The summed E-state index contributed by atoms with van der Waals surface area (Å²) >= 11 is 0. The van der Waals surface area contributed by atoms with Crippen molar-refractivity contribution in [3.05, 3.63) is 41.0 Å². The van der Waals surface area contributed by atoms with Crippen LogP contribution in [0.2, 0.25) is 0 Å². The molecule has 27 heavy (non-hydrogen) atoms. The second-order valence-corrected chi connectivity index (χ2v) is 6.86. The maximum atomic E-state index is 5.48. The van der Waals surface area contributed by atoms with Crippen LogP contribution in [-0.4, -0.2) is 34.4 Å². The first kappa shape index (κ1) is 19.2. The summed E-state index contributed by atoms with van der Waals surface area (Å²) in [7, 11) is 1.70. The standard InChI is InChI=1S/C20H30N6O/c1-4-21-20(22-13-16-10-9-15(2)12-17(16)27-3)23-14-19-25-24-18-8-6-5-7-11-26(18)19/h9-10,12H,4-8,11,13-14H2,1-3H3,(H2,21,22,23). The molecule has 1 aromatic carbocycles. The normalized spacial score (nSPS) is 14.4. The first-order valence-electron chi connectivity index (χ1n) is 9.78. The number of benzene rings is 1. The van der Waals surface area contributed by atoms with Gasteiger partial charge in [0.15, 0.2) is 11.8 Å². The number of hydrogen-bond acceptors (Lipinski definition) is 4. The molecule has 1 aliphatic rings. The van der Waals surface area contributed by atoms with E-state index in [9.17, 15) is 0 Å². The molecular formula is C20H30N6O. The molecule has 0 saturated carbocycles. The van der Waals surface area contributed by atoms with E-state index in [1.807, 2.05) is 6.07 Å². The maximum absolute atomic E-state index is 5.48. The van der Waals surface area contributed by atoms with Crippen LogP contribution in [0.25, 0.3) is 0 Å². The van der Waals surface area contributed by atoms with Crippen molar-refractivity contribution in [2.24, 2.45) is 4.99 Å². The first-order valence-corrected chi connectivity index (χ1v) is 9.78. The average Bonchev–Trinajstić information content (AvgIpc) is 2.90. The van der Waals surface area contributed by atoms with Crippen molar-refractivity contribution < 1.29 is 4.74 Å². The predicted molar refractivity (Wildman–Crippen MR) is 107 cm³/mol. The summed E-state index contributed by atoms with van der Waals surface area (Å²) in [4.78, 5) is 4.71. The third kappa shape index (κ3) is 4.99. The second kappa shape index (κ2) is 9.39. The fraction of sp³-hybridized carbons (Fsp3) is 0.550. The Kier molecular flexibility index (Phi) is 6.68. The summed E-state index contributed by atoms with van der Waals surface area (Å²) in [5, 5.41) is 15.4. The van der Waals surface area contributed by atoms with Gasteiger partial charge in [0.05, 0.1) is 20.2 Å². The molecule has 2 N–H and O–H groups in total. The van der Waals surface area contributed by atoms with Gasteiger partial charge in [0.1, 0.15) is 11.6 Å². The Morgan fingerprint density at radius 3 is 2.93 bits per heavy atom. The maximum Gasteiger partial charge on any atom is 0.191 e. The van der Waals surface area contributed by atoms with Crippen LogP contribution in [-0.2, 0) is 26.1 Å². The highest BCUT2D eigenvalue weighted by Gasteiger charge is 2.14. The zero-order valence-corrected chi connectivity index (χ0v) is 16.6. The molecule has 2 aromatic rings. The molecule has 0 radical (unpaired) electrons. The minimum absolute atomic E-state index is 0.552. The quantitative estimate of drug-likeness (QED) is 0.604. The van der Waals surface area contributed by atoms with Gasteiger partial charge in [0.2, 0.25) is 0 Å². The molecule has 7 heteroatoms. The smallest absolute Gasteiger partial charge is 0.191 e. The molecule has 0 amide bonds. The van der Waals surface area contributed by atoms with Crippen LogP contribution in [0.1, 0.15) is 49.0 Å². The average molecular weight is 371 g/mol. The highest BCUT2D eigenvalue weighted by Crippen LogP contribution is 2.20. The number of nitrogens with zero attached hydrogens (tertiary/aromatic N) is 4. The van der Waals surface area contributed by atoms with Gasteiger partial charge >= 0.3 is 0 Å². The van der Waals surface area contributed by atoms with Gasteiger partial charge < -0.3 is 19.9 Å². The van der Waals surface area contributed by atoms with Crippen molar-refractivity contribution >= 4 is 5.96 Å². The van der Waals surface area contributed by atoms with Crippen molar-refractivity contribution in [3.63, 3.8) is 0 Å². The van der Waals surface area contributed by atoms with Gasteiger partial charge in [-0.1, -0.05) is 18.6 Å². The number of rotatable bonds is 6. The monoisotopic (exact) mass is 370 g/mol. The molecule has 0 saturated heterocycles. The van der Waals surface area contributed by atoms with E-state index in [2.05, 4.69) is 51.4 Å². The van der Waals surface area contributed by atoms with Crippen molar-refractivity contribution in [1.82, 2.24) is 25.4 Å². The SMILES string of the molecule is CCNC(=NCc1ccc(C)cc1OC)NCc1nnc2n1CCCCC2. The molecule has 0 fully saturated rings. The minimum atomic E-state index is 0.552. The number of aryl methyl sites for hydroxylation is 2. The molecule has 2 heterocycles. The molecule has 1 aromatic heterocycles. The highest BCUT2D eigenvalue weighted by atomic mass is 16.5. The number of aromatic nitrogens is 3. The fourth-order valence-electron chi connectivity index (χ4n) is 3.33. The van der Waals surface area contributed by atoms with Crippen LogP contribution >= 0.6 is 0 Å². The van der Waals surface area contributed by atoms with Gasteiger partial charge in [-0.25, -0.2) is 4.99 Å². The minimum Gasteiger partial charge on any atom is -0.496 e. The lowest BCUT2D eigenvalue weighted by molar-refractivity contribution is 0.409. The van der Waals surface area contributed by atoms with Crippen molar-refractivity contribution in [2.45, 2.75) is 59.2 Å². The van der Waals surface area contributed by atoms with Crippen LogP contribution in [0.4, 0.5) is 0 Å². The van der Waals surface area contributed by atoms with Crippen LogP contribution in [0.15, 0.2) is 23.2 Å². The lowest BCUT2D eigenvalue weighted by atomic mass is 10.1. The van der Waals surface area contributed by atoms with E-state index in [0.29, 0.717) is 13.1 Å². The van der Waals surface area contributed by atoms with Gasteiger partial charge in [-0.2, -0.15) is 0 Å². The van der Waals surface area contributed by atoms with Gasteiger partial charge in [0.25, 0.3) is 0 Å². The van der Waals surface area contributed by atoms with E-state index >= 15 is 0 Å². The largest absolute Gasteiger partial charge is 0.496 e. The lowest BCUT2D eigenvalue weighted by Gasteiger charge is -2.13. The summed E-state index contributed by atoms with van der Waals surface area (Å²) in [6.45, 7) is 7.10. The fourth-order valence-corrected chi connectivity index (χ4v) is 3.33. The summed E-state index contributed by atoms with van der Waals surface area (Å²) in [6, 6.07) is 6.19. The molecule has 0 aliphatic carbocycles. The van der Waals surface area contributed by atoms with Crippen LogP contribution in [0.5, 0.6) is 5.75 Å². The number of nitrogens with one attached hydrogen (secondary N) is 2. The number of aliphatic imine (C=N–C) groups is 1. The predicted octanol–water partition coefficient (Wildman–Crippen LogP) is 2.58. The number of fused-ring (bicyclic) bond motifs is 1. The van der Waals surface area contributed by atoms with E-state index in [0.717, 1.165) is 48.4 Å². The van der Waals surface area contributed by atoms with Gasteiger partial charge in [-0.15, -0.1) is 10.2 Å². The molecule has 0 unspecified atom stereocenters. The number of methoxy groups -OCH3 is 1. The summed E-state index contributed by atoms with van der Waals surface area (Å²) in [6.07, 6.45) is 4.68. The molecule has 3 rings (SSSR count). The Hall–Kier alpha value is -2.57. The summed E-state index contributed by atoms with van der Waals surface area (Å²) in [5.74, 6) is 3.73. The summed E-state index contributed by atoms with van der Waals surface area (Å²) < 4.78 is 7.74. The van der Waals surface area contributed by atoms with E-state index in [1.54, 1.807) is 7.11 Å². The molecule has 0 spiro atoms. The zero-order valence-electron chi connectivity index (χ0n) is 16.6. The van der Waals surface area contributed by atoms with Gasteiger partial charge in [0, 0.05) is 25.1 Å². The first-order chi connectivity index (χ1) is 13.2. The second-order valence-electron chi connectivity index (χ2n) is 6.86. The third-order valence-electron chi connectivity index (χ3n) is 4.79. The molecule has 7 nitrogen and oxygen atoms in total. The Balaban J connectivity index is 1.67. The summed E-state index contributed by atoms with van der Waals surface area (Å²) in [5.41, 5.74) is 2.24. The van der Waals surface area contributed by atoms with Gasteiger partial charge in [-0.05, 0) is 38.3 Å². The molecule has 0 atom stereocenters. The Labute approximate surface area is 161 Å². The highest BCUT2D eigenvalue weighted by molar-refractivity contribution is 5.79. The van der Waals surface area contributed by atoms with E-state index in [1.165, 1.54) is 24.8 Å².